The van der Waals surface area contributed by atoms with Crippen molar-refractivity contribution < 1.29 is 4.74 Å². The first-order chi connectivity index (χ1) is 12.0. The lowest BCUT2D eigenvalue weighted by atomic mass is 10.1. The predicted molar refractivity (Wildman–Crippen MR) is 104 cm³/mol. The number of imidazole rings is 1. The zero-order valence-electron chi connectivity index (χ0n) is 14.0. The Morgan fingerprint density at radius 3 is 2.56 bits per heavy atom. The first-order valence-corrected chi connectivity index (χ1v) is 8.65. The van der Waals surface area contributed by atoms with Crippen LogP contribution in [-0.4, -0.2) is 9.55 Å². The fourth-order valence-corrected chi connectivity index (χ4v) is 2.93. The normalized spacial score (nSPS) is 11.6. The molecule has 5 heteroatoms. The highest BCUT2D eigenvalue weighted by Crippen LogP contribution is 2.31. The zero-order chi connectivity index (χ0) is 17.8. The molecule has 3 aromatic rings. The Bertz CT molecular complexity index is 898. The van der Waals surface area contributed by atoms with E-state index in [2.05, 4.69) is 22.6 Å². The SMILES string of the molecule is CC(=Cc1ccc(Oc2ccc(Cl)cc2Cl)cc1)Cn1ccnc1C. The number of benzene rings is 2. The van der Waals surface area contributed by atoms with Gasteiger partial charge >= 0.3 is 0 Å². The van der Waals surface area contributed by atoms with Gasteiger partial charge in [0.25, 0.3) is 0 Å². The van der Waals surface area contributed by atoms with Gasteiger partial charge in [0.05, 0.1) is 5.02 Å². The number of hydrogen-bond donors (Lipinski definition) is 0. The topological polar surface area (TPSA) is 27.1 Å². The van der Waals surface area contributed by atoms with E-state index in [1.165, 1.54) is 5.57 Å². The summed E-state index contributed by atoms with van der Waals surface area (Å²) in [6.45, 7) is 4.93. The number of halogens is 2. The number of allylic oxidation sites excluding steroid dienone is 1. The second-order valence-corrected chi connectivity index (χ2v) is 6.68. The van der Waals surface area contributed by atoms with Crippen molar-refractivity contribution in [3.8, 4) is 11.5 Å². The lowest BCUT2D eigenvalue weighted by molar-refractivity contribution is 0.483. The van der Waals surface area contributed by atoms with Crippen LogP contribution in [-0.2, 0) is 6.54 Å². The largest absolute Gasteiger partial charge is 0.456 e. The molecule has 0 unspecified atom stereocenters. The third-order valence-corrected chi connectivity index (χ3v) is 4.29. The Hall–Kier alpha value is -2.23. The Morgan fingerprint density at radius 2 is 1.92 bits per heavy atom. The maximum absolute atomic E-state index is 6.13. The summed E-state index contributed by atoms with van der Waals surface area (Å²) in [5.41, 5.74) is 2.36. The molecular weight excluding hydrogens is 355 g/mol. The third kappa shape index (κ3) is 4.65. The van der Waals surface area contributed by atoms with Crippen molar-refractivity contribution in [1.82, 2.24) is 9.55 Å². The maximum Gasteiger partial charge on any atom is 0.146 e. The van der Waals surface area contributed by atoms with Crippen LogP contribution in [0, 0.1) is 6.92 Å². The minimum absolute atomic E-state index is 0.489. The third-order valence-electron chi connectivity index (χ3n) is 3.76. The summed E-state index contributed by atoms with van der Waals surface area (Å²) < 4.78 is 7.92. The molecule has 0 aliphatic heterocycles. The van der Waals surface area contributed by atoms with Crippen molar-refractivity contribution in [3.63, 3.8) is 0 Å². The predicted octanol–water partition coefficient (Wildman–Crippen LogP) is 6.39. The smallest absolute Gasteiger partial charge is 0.146 e. The van der Waals surface area contributed by atoms with Gasteiger partial charge in [0.2, 0.25) is 0 Å². The van der Waals surface area contributed by atoms with E-state index >= 15 is 0 Å². The van der Waals surface area contributed by atoms with Crippen LogP contribution in [0.3, 0.4) is 0 Å². The molecule has 0 fully saturated rings. The number of aryl methyl sites for hydroxylation is 1. The van der Waals surface area contributed by atoms with E-state index in [4.69, 9.17) is 27.9 Å². The highest BCUT2D eigenvalue weighted by Gasteiger charge is 2.04. The van der Waals surface area contributed by atoms with Gasteiger partial charge in [-0.05, 0) is 49.7 Å². The first-order valence-electron chi connectivity index (χ1n) is 7.89. The van der Waals surface area contributed by atoms with Crippen LogP contribution in [0.5, 0.6) is 11.5 Å². The van der Waals surface area contributed by atoms with Crippen molar-refractivity contribution in [2.24, 2.45) is 0 Å². The van der Waals surface area contributed by atoms with Crippen molar-refractivity contribution in [1.29, 1.82) is 0 Å². The molecule has 3 rings (SSSR count). The van der Waals surface area contributed by atoms with Gasteiger partial charge in [0.1, 0.15) is 17.3 Å². The van der Waals surface area contributed by atoms with Gasteiger partial charge in [-0.1, -0.05) is 47.0 Å². The molecule has 0 saturated carbocycles. The summed E-state index contributed by atoms with van der Waals surface area (Å²) in [5, 5.41) is 1.07. The van der Waals surface area contributed by atoms with Gasteiger partial charge in [-0.3, -0.25) is 0 Å². The lowest BCUT2D eigenvalue weighted by Crippen LogP contribution is -2.00. The molecule has 1 aromatic heterocycles. The van der Waals surface area contributed by atoms with Gasteiger partial charge in [-0.15, -0.1) is 0 Å². The molecule has 0 aliphatic rings. The van der Waals surface area contributed by atoms with Crippen LogP contribution in [0.2, 0.25) is 10.0 Å². The van der Waals surface area contributed by atoms with Crippen LogP contribution < -0.4 is 4.74 Å². The van der Waals surface area contributed by atoms with Crippen molar-refractivity contribution >= 4 is 29.3 Å². The fourth-order valence-electron chi connectivity index (χ4n) is 2.49. The summed E-state index contributed by atoms with van der Waals surface area (Å²) in [4.78, 5) is 4.24. The van der Waals surface area contributed by atoms with E-state index in [0.29, 0.717) is 15.8 Å². The minimum Gasteiger partial charge on any atom is -0.456 e. The van der Waals surface area contributed by atoms with Gasteiger partial charge in [-0.25, -0.2) is 4.98 Å². The van der Waals surface area contributed by atoms with E-state index in [0.717, 1.165) is 23.7 Å². The Kier molecular flexibility index (Phi) is 5.47. The summed E-state index contributed by atoms with van der Waals surface area (Å²) in [7, 11) is 0. The minimum atomic E-state index is 0.489. The monoisotopic (exact) mass is 372 g/mol. The fraction of sp³-hybridized carbons (Fsp3) is 0.150. The highest BCUT2D eigenvalue weighted by molar-refractivity contribution is 6.35. The zero-order valence-corrected chi connectivity index (χ0v) is 15.6. The average Bonchev–Trinajstić information content (AvgIpc) is 2.97. The van der Waals surface area contributed by atoms with Crippen LogP contribution in [0.4, 0.5) is 0 Å². The molecule has 0 bridgehead atoms. The van der Waals surface area contributed by atoms with Gasteiger partial charge in [0, 0.05) is 24.0 Å². The maximum atomic E-state index is 6.13. The molecule has 25 heavy (non-hydrogen) atoms. The molecule has 0 aliphatic carbocycles. The van der Waals surface area contributed by atoms with Crippen LogP contribution >= 0.6 is 23.2 Å². The molecule has 2 aromatic carbocycles. The Labute approximate surface area is 157 Å². The molecule has 0 N–H and O–H groups in total. The molecule has 0 saturated heterocycles. The number of hydrogen-bond acceptors (Lipinski definition) is 2. The molecule has 3 nitrogen and oxygen atoms in total. The van der Waals surface area contributed by atoms with Gasteiger partial charge in [-0.2, -0.15) is 0 Å². The Morgan fingerprint density at radius 1 is 1.16 bits per heavy atom. The van der Waals surface area contributed by atoms with Crippen molar-refractivity contribution in [2.45, 2.75) is 20.4 Å². The summed E-state index contributed by atoms with van der Waals surface area (Å²) >= 11 is 12.0. The number of rotatable bonds is 5. The van der Waals surface area contributed by atoms with Crippen LogP contribution in [0.1, 0.15) is 18.3 Å². The molecular formula is C20H18Cl2N2O. The van der Waals surface area contributed by atoms with E-state index in [1.54, 1.807) is 18.2 Å². The van der Waals surface area contributed by atoms with E-state index in [1.807, 2.05) is 43.6 Å². The number of aromatic nitrogens is 2. The molecule has 0 spiro atoms. The molecule has 0 atom stereocenters. The van der Waals surface area contributed by atoms with E-state index in [9.17, 15) is 0 Å². The molecule has 0 amide bonds. The number of nitrogens with zero attached hydrogens (tertiary/aromatic N) is 2. The van der Waals surface area contributed by atoms with Crippen molar-refractivity contribution in [2.75, 3.05) is 0 Å². The van der Waals surface area contributed by atoms with Gasteiger partial charge in [0.15, 0.2) is 0 Å². The average molecular weight is 373 g/mol. The summed E-state index contributed by atoms with van der Waals surface area (Å²) in [5.74, 6) is 2.32. The quantitative estimate of drug-likeness (QED) is 0.518. The van der Waals surface area contributed by atoms with E-state index in [-0.39, 0.29) is 0 Å². The number of ether oxygens (including phenoxy) is 1. The molecule has 128 valence electrons. The first kappa shape index (κ1) is 17.6. The second-order valence-electron chi connectivity index (χ2n) is 5.84. The van der Waals surface area contributed by atoms with Gasteiger partial charge < -0.3 is 9.30 Å². The van der Waals surface area contributed by atoms with Crippen LogP contribution in [0.15, 0.2) is 60.4 Å². The molecule has 1 heterocycles. The Balaban J connectivity index is 1.69. The summed E-state index contributed by atoms with van der Waals surface area (Å²) in [6.07, 6.45) is 5.95. The highest BCUT2D eigenvalue weighted by atomic mass is 35.5. The molecule has 0 radical (unpaired) electrons. The van der Waals surface area contributed by atoms with Crippen LogP contribution in [0.25, 0.3) is 6.08 Å². The van der Waals surface area contributed by atoms with Crippen molar-refractivity contribution in [3.05, 3.63) is 81.9 Å². The summed E-state index contributed by atoms with van der Waals surface area (Å²) in [6, 6.07) is 13.1. The standard InChI is InChI=1S/C20H18Cl2N2O/c1-14(13-24-10-9-23-15(24)2)11-16-3-6-18(7-4-16)25-20-8-5-17(21)12-19(20)22/h3-12H,13H2,1-2H3. The second kappa shape index (κ2) is 7.77. The van der Waals surface area contributed by atoms with E-state index < -0.39 is 0 Å². The lowest BCUT2D eigenvalue weighted by Gasteiger charge is -2.09.